The Kier molecular flexibility index (Phi) is 4.85. The number of nitro groups is 1. The van der Waals surface area contributed by atoms with Crippen LogP contribution in [-0.4, -0.2) is 25.6 Å². The van der Waals surface area contributed by atoms with E-state index in [1.54, 1.807) is 12.1 Å². The lowest BCUT2D eigenvalue weighted by Gasteiger charge is -2.07. The smallest absolute Gasteiger partial charge is 0.281 e. The number of non-ortho nitro benzene ring substituents is 1. The van der Waals surface area contributed by atoms with Crippen molar-refractivity contribution in [3.8, 4) is 11.6 Å². The van der Waals surface area contributed by atoms with Gasteiger partial charge in [0, 0.05) is 24.2 Å². The Morgan fingerprint density at radius 1 is 1.07 bits per heavy atom. The fourth-order valence-electron chi connectivity index (χ4n) is 2.70. The first-order valence-electron chi connectivity index (χ1n) is 8.70. The van der Waals surface area contributed by atoms with Crippen molar-refractivity contribution in [1.29, 1.82) is 0 Å². The zero-order valence-corrected chi connectivity index (χ0v) is 15.1. The van der Waals surface area contributed by atoms with Crippen molar-refractivity contribution in [3.63, 3.8) is 0 Å². The van der Waals surface area contributed by atoms with E-state index >= 15 is 0 Å². The van der Waals surface area contributed by atoms with Gasteiger partial charge in [0.15, 0.2) is 5.76 Å². The van der Waals surface area contributed by atoms with Gasteiger partial charge < -0.3 is 9.73 Å². The second kappa shape index (κ2) is 7.77. The summed E-state index contributed by atoms with van der Waals surface area (Å²) >= 11 is 0. The quantitative estimate of drug-likeness (QED) is 0.394. The first kappa shape index (κ1) is 18.1. The predicted octanol–water partition coefficient (Wildman–Crippen LogP) is 3.75. The normalized spacial score (nSPS) is 10.6. The molecule has 1 N–H and O–H groups in total. The molecule has 4 rings (SSSR count). The summed E-state index contributed by atoms with van der Waals surface area (Å²) in [5, 5.41) is 18.2. The lowest BCUT2D eigenvalue weighted by molar-refractivity contribution is -0.384. The number of hydrogen-bond donors (Lipinski definition) is 1. The van der Waals surface area contributed by atoms with E-state index in [9.17, 15) is 14.9 Å². The number of hydrogen-bond acceptors (Lipinski definition) is 7. The predicted molar refractivity (Wildman–Crippen MR) is 104 cm³/mol. The van der Waals surface area contributed by atoms with Gasteiger partial charge in [-0.1, -0.05) is 30.3 Å². The monoisotopic (exact) mass is 389 g/mol. The average molecular weight is 389 g/mol. The number of nitrogens with one attached hydrogen (secondary N) is 1. The molecule has 0 aliphatic heterocycles. The number of furan rings is 1. The van der Waals surface area contributed by atoms with Gasteiger partial charge in [0.25, 0.3) is 11.6 Å². The summed E-state index contributed by atoms with van der Waals surface area (Å²) in [7, 11) is 0. The molecule has 0 aliphatic rings. The van der Waals surface area contributed by atoms with E-state index in [2.05, 4.69) is 15.4 Å². The maximum Gasteiger partial charge on any atom is 0.281 e. The third-order valence-electron chi connectivity index (χ3n) is 4.16. The molecule has 0 fully saturated rings. The van der Waals surface area contributed by atoms with E-state index in [4.69, 9.17) is 4.42 Å². The summed E-state index contributed by atoms with van der Waals surface area (Å²) in [6.07, 6.45) is 1.49. The minimum absolute atomic E-state index is 0.0983. The minimum Gasteiger partial charge on any atom is -0.461 e. The van der Waals surface area contributed by atoms with Gasteiger partial charge in [0.2, 0.25) is 11.8 Å². The number of nitro benzene ring substituents is 1. The Balaban J connectivity index is 1.66. The van der Waals surface area contributed by atoms with Crippen molar-refractivity contribution in [1.82, 2.24) is 14.8 Å². The van der Waals surface area contributed by atoms with Crippen LogP contribution in [0.2, 0.25) is 0 Å². The van der Waals surface area contributed by atoms with Gasteiger partial charge in [-0.2, -0.15) is 9.67 Å². The topological polar surface area (TPSA) is 116 Å². The highest BCUT2D eigenvalue weighted by Gasteiger charge is 2.20. The molecule has 0 saturated heterocycles. The molecule has 29 heavy (non-hydrogen) atoms. The van der Waals surface area contributed by atoms with Crippen LogP contribution < -0.4 is 5.32 Å². The number of anilines is 1. The molecular weight excluding hydrogens is 374 g/mol. The molecule has 0 unspecified atom stereocenters. The van der Waals surface area contributed by atoms with Crippen molar-refractivity contribution in [2.24, 2.45) is 0 Å². The third kappa shape index (κ3) is 3.88. The average Bonchev–Trinajstić information content (AvgIpc) is 3.42. The molecule has 4 aromatic rings. The van der Waals surface area contributed by atoms with Crippen LogP contribution >= 0.6 is 0 Å². The Hall–Kier alpha value is -4.27. The SMILES string of the molecule is O=C(c1ccc([N+](=O)[O-])cc1)n1nc(-c2ccco2)nc1NCc1ccccc1. The first-order valence-corrected chi connectivity index (χ1v) is 8.70. The Bertz CT molecular complexity index is 1140. The van der Waals surface area contributed by atoms with Crippen LogP contribution in [0.25, 0.3) is 11.6 Å². The third-order valence-corrected chi connectivity index (χ3v) is 4.16. The summed E-state index contributed by atoms with van der Waals surface area (Å²) in [5.41, 5.74) is 1.15. The highest BCUT2D eigenvalue weighted by molar-refractivity contribution is 5.97. The molecule has 2 aromatic carbocycles. The van der Waals surface area contributed by atoms with Gasteiger partial charge in [-0.25, -0.2) is 0 Å². The Labute approximate surface area is 164 Å². The van der Waals surface area contributed by atoms with Crippen LogP contribution in [0.4, 0.5) is 11.6 Å². The maximum atomic E-state index is 13.0. The van der Waals surface area contributed by atoms with E-state index in [0.717, 1.165) is 10.2 Å². The van der Waals surface area contributed by atoms with Gasteiger partial charge in [-0.3, -0.25) is 14.9 Å². The summed E-state index contributed by atoms with van der Waals surface area (Å²) < 4.78 is 6.45. The van der Waals surface area contributed by atoms with Gasteiger partial charge in [0.05, 0.1) is 11.2 Å². The Morgan fingerprint density at radius 3 is 2.48 bits per heavy atom. The van der Waals surface area contributed by atoms with Crippen molar-refractivity contribution in [2.45, 2.75) is 6.54 Å². The molecule has 0 radical (unpaired) electrons. The van der Waals surface area contributed by atoms with Crippen molar-refractivity contribution < 1.29 is 14.1 Å². The van der Waals surface area contributed by atoms with Crippen LogP contribution in [0.1, 0.15) is 15.9 Å². The first-order chi connectivity index (χ1) is 14.1. The van der Waals surface area contributed by atoms with Crippen LogP contribution in [0.5, 0.6) is 0 Å². The second-order valence-corrected chi connectivity index (χ2v) is 6.10. The zero-order valence-electron chi connectivity index (χ0n) is 15.1. The number of aromatic nitrogens is 3. The van der Waals surface area contributed by atoms with Gasteiger partial charge in [0.1, 0.15) is 0 Å². The molecule has 2 aromatic heterocycles. The number of benzene rings is 2. The fourth-order valence-corrected chi connectivity index (χ4v) is 2.70. The molecule has 0 amide bonds. The summed E-state index contributed by atoms with van der Waals surface area (Å²) in [4.78, 5) is 27.7. The molecule has 144 valence electrons. The molecular formula is C20H15N5O4. The highest BCUT2D eigenvalue weighted by Crippen LogP contribution is 2.20. The molecule has 0 spiro atoms. The number of carbonyl (C=O) groups is 1. The van der Waals surface area contributed by atoms with Crippen LogP contribution in [0, 0.1) is 10.1 Å². The van der Waals surface area contributed by atoms with Crippen LogP contribution in [-0.2, 0) is 6.54 Å². The van der Waals surface area contributed by atoms with Crippen molar-refractivity contribution in [3.05, 3.63) is 94.2 Å². The van der Waals surface area contributed by atoms with E-state index in [0.29, 0.717) is 12.3 Å². The van der Waals surface area contributed by atoms with E-state index in [1.807, 2.05) is 30.3 Å². The summed E-state index contributed by atoms with van der Waals surface area (Å²) in [6.45, 7) is 0.435. The molecule has 0 aliphatic carbocycles. The summed E-state index contributed by atoms with van der Waals surface area (Å²) in [5.74, 6) is 0.438. The van der Waals surface area contributed by atoms with E-state index in [1.165, 1.54) is 30.5 Å². The number of rotatable bonds is 6. The van der Waals surface area contributed by atoms with Crippen molar-refractivity contribution in [2.75, 3.05) is 5.32 Å². The van der Waals surface area contributed by atoms with E-state index < -0.39 is 10.8 Å². The standard InChI is InChI=1S/C20H15N5O4/c26-19(15-8-10-16(11-9-15)25(27)28)24-20(21-13-14-5-2-1-3-6-14)22-18(23-24)17-7-4-12-29-17/h1-12H,13H2,(H,21,22,23). The largest absolute Gasteiger partial charge is 0.461 e. The lowest BCUT2D eigenvalue weighted by atomic mass is 10.2. The molecule has 0 atom stereocenters. The van der Waals surface area contributed by atoms with E-state index in [-0.39, 0.29) is 23.0 Å². The molecule has 2 heterocycles. The van der Waals surface area contributed by atoms with Crippen molar-refractivity contribution >= 4 is 17.5 Å². The molecule has 9 nitrogen and oxygen atoms in total. The van der Waals surface area contributed by atoms with Crippen LogP contribution in [0.15, 0.2) is 77.4 Å². The van der Waals surface area contributed by atoms with Gasteiger partial charge in [-0.05, 0) is 29.8 Å². The fraction of sp³-hybridized carbons (Fsp3) is 0.0500. The minimum atomic E-state index is -0.522. The second-order valence-electron chi connectivity index (χ2n) is 6.10. The summed E-state index contributed by atoms with van der Waals surface area (Å²) in [6, 6.07) is 18.3. The van der Waals surface area contributed by atoms with Crippen LogP contribution in [0.3, 0.4) is 0 Å². The number of carbonyl (C=O) groups excluding carboxylic acids is 1. The molecule has 0 saturated carbocycles. The maximum absolute atomic E-state index is 13.0. The highest BCUT2D eigenvalue weighted by atomic mass is 16.6. The van der Waals surface area contributed by atoms with Gasteiger partial charge in [-0.15, -0.1) is 5.10 Å². The molecule has 9 heteroatoms. The lowest BCUT2D eigenvalue weighted by Crippen LogP contribution is -2.17. The number of nitrogens with zero attached hydrogens (tertiary/aromatic N) is 4. The van der Waals surface area contributed by atoms with Gasteiger partial charge >= 0.3 is 0 Å². The Morgan fingerprint density at radius 2 is 1.83 bits per heavy atom. The zero-order chi connectivity index (χ0) is 20.2. The molecule has 0 bridgehead atoms.